The number of aliphatic hydroxyl groups is 2. The fourth-order valence-corrected chi connectivity index (χ4v) is 1.95. The first-order valence-electron chi connectivity index (χ1n) is 4.97. The van der Waals surface area contributed by atoms with Crippen LogP contribution in [0.2, 0.25) is 0 Å². The number of fused-ring (bicyclic) bond motifs is 3. The maximum atomic E-state index is 9.98. The fraction of sp³-hybridized carbons (Fsp3) is 0.778. The van der Waals surface area contributed by atoms with Gasteiger partial charge in [-0.05, 0) is 0 Å². The summed E-state index contributed by atoms with van der Waals surface area (Å²) in [4.78, 5) is 0. The molecule has 0 aromatic carbocycles. The van der Waals surface area contributed by atoms with E-state index in [4.69, 9.17) is 15.6 Å². The minimum atomic E-state index is -1.17. The van der Waals surface area contributed by atoms with Crippen molar-refractivity contribution in [3.8, 4) is 0 Å². The van der Waals surface area contributed by atoms with E-state index < -0.39 is 30.2 Å². The van der Waals surface area contributed by atoms with Crippen molar-refractivity contribution >= 4 is 0 Å². The summed E-state index contributed by atoms with van der Waals surface area (Å²) in [6, 6.07) is 0. The second-order valence-electron chi connectivity index (χ2n) is 3.55. The Bertz CT molecular complexity index is 271. The Hall–Kier alpha value is -0.460. The third-order valence-electron chi connectivity index (χ3n) is 2.81. The van der Waals surface area contributed by atoms with E-state index >= 15 is 0 Å². The largest absolute Gasteiger partial charge is 0.387 e. The van der Waals surface area contributed by atoms with Crippen molar-refractivity contribution in [3.63, 3.8) is 0 Å². The zero-order chi connectivity index (χ0) is 11.1. The van der Waals surface area contributed by atoms with Gasteiger partial charge >= 0.3 is 0 Å². The molecule has 0 spiro atoms. The molecule has 0 radical (unpaired) electrons. The van der Waals surface area contributed by atoms with Crippen LogP contribution in [0.4, 0.5) is 0 Å². The predicted octanol–water partition coefficient (Wildman–Crippen LogP) is -0.966. The maximum absolute atomic E-state index is 9.98. The molecule has 0 aliphatic carbocycles. The topological polar surface area (TPSA) is 68.2 Å². The average molecular weight is 203 g/mol. The van der Waals surface area contributed by atoms with Gasteiger partial charge in [0, 0.05) is 7.11 Å². The molecule has 0 amide bonds. The van der Waals surface area contributed by atoms with Gasteiger partial charge in [-0.25, -0.2) is 0 Å². The molecule has 0 saturated carbocycles. The lowest BCUT2D eigenvalue weighted by Gasteiger charge is -2.53. The summed E-state index contributed by atoms with van der Waals surface area (Å²) in [6.07, 6.45) is -2.03. The summed E-state index contributed by atoms with van der Waals surface area (Å²) in [6.45, 7) is 1.13. The highest BCUT2D eigenvalue weighted by atomic mass is 16.7. The van der Waals surface area contributed by atoms with Crippen molar-refractivity contribution < 1.29 is 25.8 Å². The van der Waals surface area contributed by atoms with E-state index in [0.29, 0.717) is 0 Å². The van der Waals surface area contributed by atoms with E-state index in [0.717, 1.165) is 6.55 Å². The molecule has 3 aliphatic heterocycles. The molecule has 0 aromatic heterocycles. The minimum absolute atomic E-state index is 0.116. The van der Waals surface area contributed by atoms with Crippen molar-refractivity contribution in [1.82, 2.24) is 0 Å². The third-order valence-corrected chi connectivity index (χ3v) is 2.81. The van der Waals surface area contributed by atoms with Crippen LogP contribution in [-0.2, 0) is 14.2 Å². The van der Waals surface area contributed by atoms with Crippen LogP contribution in [0.1, 0.15) is 1.37 Å². The van der Waals surface area contributed by atoms with E-state index in [1.807, 2.05) is 0 Å². The summed E-state index contributed by atoms with van der Waals surface area (Å²) >= 11 is 0. The normalized spacial score (nSPS) is 53.8. The Morgan fingerprint density at radius 3 is 3.07 bits per heavy atom. The van der Waals surface area contributed by atoms with Gasteiger partial charge in [0.1, 0.15) is 23.9 Å². The Morgan fingerprint density at radius 2 is 2.50 bits per heavy atom. The van der Waals surface area contributed by atoms with Crippen LogP contribution >= 0.6 is 0 Å². The maximum Gasteiger partial charge on any atom is 0.185 e. The van der Waals surface area contributed by atoms with Gasteiger partial charge in [-0.1, -0.05) is 6.08 Å². The monoisotopic (exact) mass is 203 g/mol. The Kier molecular flexibility index (Phi) is 2.07. The van der Waals surface area contributed by atoms with Crippen LogP contribution < -0.4 is 0 Å². The number of ether oxygens (including phenoxy) is 3. The number of hydrogen-bond donors (Lipinski definition) is 2. The number of rotatable bonds is 2. The van der Waals surface area contributed by atoms with Gasteiger partial charge in [0.2, 0.25) is 0 Å². The van der Waals surface area contributed by atoms with Gasteiger partial charge in [0.25, 0.3) is 0 Å². The zero-order valence-corrected chi connectivity index (χ0v) is 7.79. The zero-order valence-electron chi connectivity index (χ0n) is 8.79. The van der Waals surface area contributed by atoms with Gasteiger partial charge in [-0.2, -0.15) is 0 Å². The second-order valence-corrected chi connectivity index (χ2v) is 3.55. The molecule has 80 valence electrons. The molecule has 3 saturated heterocycles. The van der Waals surface area contributed by atoms with Crippen LogP contribution in [0.15, 0.2) is 12.6 Å². The summed E-state index contributed by atoms with van der Waals surface area (Å²) in [5.41, 5.74) is -1.17. The molecule has 5 heteroatoms. The molecular formula is C9H14O5. The molecular weight excluding hydrogens is 188 g/mol. The van der Waals surface area contributed by atoms with Crippen molar-refractivity contribution in [3.05, 3.63) is 12.6 Å². The first kappa shape index (κ1) is 8.82. The molecule has 1 unspecified atom stereocenters. The molecule has 3 rings (SSSR count). The van der Waals surface area contributed by atoms with Crippen LogP contribution in [0.25, 0.3) is 0 Å². The van der Waals surface area contributed by atoms with Crippen LogP contribution in [0.5, 0.6) is 0 Å². The highest BCUT2D eigenvalue weighted by Crippen LogP contribution is 2.38. The highest BCUT2D eigenvalue weighted by molar-refractivity contribution is 5.13. The molecule has 3 fully saturated rings. The van der Waals surface area contributed by atoms with Crippen LogP contribution in [0, 0.1) is 0 Å². The minimum Gasteiger partial charge on any atom is -0.387 e. The molecule has 3 heterocycles. The van der Waals surface area contributed by atoms with E-state index in [1.54, 1.807) is 0 Å². The van der Waals surface area contributed by atoms with E-state index in [1.165, 1.54) is 13.2 Å². The lowest BCUT2D eigenvalue weighted by Crippen LogP contribution is -2.71. The quantitative estimate of drug-likeness (QED) is 0.565. The Balaban J connectivity index is 2.30. The van der Waals surface area contributed by atoms with Gasteiger partial charge in [0.05, 0.1) is 7.98 Å². The standard InChI is InChI=1S/C9H14O5/c1-3-9-4-13-6(8(11)14-9)5(12-2)7(9)10/h3,5-8,10-11H,1,4H2,2H3/t5-,6+,7+,8?,9-/m1/s1/i1D. The van der Waals surface area contributed by atoms with Gasteiger partial charge < -0.3 is 24.4 Å². The molecule has 2 N–H and O–H groups in total. The number of methoxy groups -OCH3 is 1. The lowest BCUT2D eigenvalue weighted by molar-refractivity contribution is -0.372. The SMILES string of the molecule is [2H]C=C[C@]12CO[C@H](C(O)O1)[C@@H](OC)[C@@H]2O. The van der Waals surface area contributed by atoms with E-state index in [9.17, 15) is 10.2 Å². The van der Waals surface area contributed by atoms with Crippen LogP contribution in [0.3, 0.4) is 0 Å². The second kappa shape index (κ2) is 3.29. The smallest absolute Gasteiger partial charge is 0.185 e. The summed E-state index contributed by atoms with van der Waals surface area (Å²) in [5.74, 6) is 0. The van der Waals surface area contributed by atoms with Gasteiger partial charge in [-0.15, -0.1) is 6.55 Å². The summed E-state index contributed by atoms with van der Waals surface area (Å²) < 4.78 is 22.7. The third kappa shape index (κ3) is 1.14. The molecule has 3 aliphatic rings. The van der Waals surface area contributed by atoms with Crippen molar-refractivity contribution in [2.75, 3.05) is 13.7 Å². The van der Waals surface area contributed by atoms with Crippen molar-refractivity contribution in [2.45, 2.75) is 30.2 Å². The molecule has 14 heavy (non-hydrogen) atoms. The highest BCUT2D eigenvalue weighted by Gasteiger charge is 2.58. The van der Waals surface area contributed by atoms with Crippen molar-refractivity contribution in [2.24, 2.45) is 0 Å². The van der Waals surface area contributed by atoms with Crippen LogP contribution in [-0.4, -0.2) is 54.1 Å². The summed E-state index contributed by atoms with van der Waals surface area (Å²) in [7, 11) is 1.43. The lowest BCUT2D eigenvalue weighted by atomic mass is 9.84. The van der Waals surface area contributed by atoms with Gasteiger partial charge in [0.15, 0.2) is 6.29 Å². The molecule has 5 nitrogen and oxygen atoms in total. The predicted molar refractivity (Wildman–Crippen MR) is 46.6 cm³/mol. The number of aliphatic hydroxyl groups excluding tert-OH is 2. The fourth-order valence-electron chi connectivity index (χ4n) is 1.95. The Morgan fingerprint density at radius 1 is 1.71 bits per heavy atom. The first-order valence-corrected chi connectivity index (χ1v) is 4.39. The Labute approximate surface area is 83.3 Å². The summed E-state index contributed by atoms with van der Waals surface area (Å²) in [5, 5.41) is 19.6. The molecule has 0 aromatic rings. The first-order chi connectivity index (χ1) is 7.14. The van der Waals surface area contributed by atoms with E-state index in [-0.39, 0.29) is 6.61 Å². The average Bonchev–Trinajstić information content (AvgIpc) is 2.21. The van der Waals surface area contributed by atoms with Crippen molar-refractivity contribution in [1.29, 1.82) is 0 Å². The molecule has 5 atom stereocenters. The number of hydrogen-bond acceptors (Lipinski definition) is 5. The molecule has 2 bridgehead atoms. The van der Waals surface area contributed by atoms with E-state index in [2.05, 4.69) is 0 Å². The van der Waals surface area contributed by atoms with Gasteiger partial charge in [-0.3, -0.25) is 0 Å².